The molecule has 0 atom stereocenters. The molecule has 0 bridgehead atoms. The van der Waals surface area contributed by atoms with Crippen LogP contribution in [0.5, 0.6) is 0 Å². The molecule has 0 aliphatic carbocycles. The van der Waals surface area contributed by atoms with Crippen molar-refractivity contribution in [3.63, 3.8) is 0 Å². The van der Waals surface area contributed by atoms with E-state index in [1.165, 1.54) is 0 Å². The summed E-state index contributed by atoms with van der Waals surface area (Å²) in [6.45, 7) is 9.33. The molecular weight excluding hydrogens is 274 g/mol. The number of aromatic nitrogens is 3. The zero-order valence-electron chi connectivity index (χ0n) is 13.6. The molecule has 4 heteroatoms. The minimum absolute atomic E-state index is 0.138. The summed E-state index contributed by atoms with van der Waals surface area (Å²) in [7, 11) is 0. The maximum Gasteiger partial charge on any atom is 0.184 e. The van der Waals surface area contributed by atoms with E-state index >= 15 is 0 Å². The molecule has 0 radical (unpaired) electrons. The largest absolute Gasteiger partial charge is 0.349 e. The fourth-order valence-corrected chi connectivity index (χ4v) is 3.19. The number of rotatable bonds is 4. The molecule has 1 aromatic carbocycles. The lowest BCUT2D eigenvalue weighted by Gasteiger charge is -2.08. The maximum absolute atomic E-state index is 12.7. The zero-order valence-corrected chi connectivity index (χ0v) is 13.6. The van der Waals surface area contributed by atoms with E-state index in [0.717, 1.165) is 40.4 Å². The topological polar surface area (TPSA) is 39.8 Å². The highest BCUT2D eigenvalue weighted by atomic mass is 16.1. The lowest BCUT2D eigenvalue weighted by atomic mass is 10.1. The van der Waals surface area contributed by atoms with E-state index in [9.17, 15) is 4.79 Å². The molecule has 0 saturated carbocycles. The van der Waals surface area contributed by atoms with Crippen LogP contribution >= 0.6 is 0 Å². The minimum Gasteiger partial charge on any atom is -0.349 e. The highest BCUT2D eigenvalue weighted by Gasteiger charge is 2.17. The van der Waals surface area contributed by atoms with Gasteiger partial charge < -0.3 is 9.13 Å². The summed E-state index contributed by atoms with van der Waals surface area (Å²) < 4.78 is 4.17. The van der Waals surface area contributed by atoms with Gasteiger partial charge in [-0.15, -0.1) is 0 Å². The number of nitrogens with zero attached hydrogens (tertiary/aromatic N) is 3. The third-order valence-corrected chi connectivity index (χ3v) is 4.34. The molecule has 0 unspecified atom stereocenters. The van der Waals surface area contributed by atoms with Crippen molar-refractivity contribution in [2.45, 2.75) is 40.8 Å². The summed E-state index contributed by atoms with van der Waals surface area (Å²) in [5.74, 6) is 1.01. The average Bonchev–Trinajstić information content (AvgIpc) is 2.96. The van der Waals surface area contributed by atoms with E-state index in [1.807, 2.05) is 55.7 Å². The first kappa shape index (κ1) is 14.6. The van der Waals surface area contributed by atoms with Gasteiger partial charge in [-0.1, -0.05) is 12.1 Å². The molecular formula is C18H21N3O. The van der Waals surface area contributed by atoms with Gasteiger partial charge in [0.2, 0.25) is 0 Å². The Morgan fingerprint density at radius 2 is 1.86 bits per heavy atom. The number of ketones is 1. The molecule has 4 nitrogen and oxygen atoms in total. The van der Waals surface area contributed by atoms with Crippen molar-refractivity contribution in [2.24, 2.45) is 0 Å². The Bertz CT molecular complexity index is 855. The van der Waals surface area contributed by atoms with E-state index in [1.54, 1.807) is 0 Å². The number of para-hydroxylation sites is 2. The molecule has 0 saturated heterocycles. The number of imidazole rings is 1. The number of hydrogen-bond acceptors (Lipinski definition) is 2. The highest BCUT2D eigenvalue weighted by Crippen LogP contribution is 2.19. The van der Waals surface area contributed by atoms with Crippen LogP contribution in [0.3, 0.4) is 0 Å². The first-order valence-electron chi connectivity index (χ1n) is 7.64. The third-order valence-electron chi connectivity index (χ3n) is 4.34. The molecule has 22 heavy (non-hydrogen) atoms. The summed E-state index contributed by atoms with van der Waals surface area (Å²) >= 11 is 0. The van der Waals surface area contributed by atoms with Gasteiger partial charge in [0.15, 0.2) is 5.78 Å². The van der Waals surface area contributed by atoms with Gasteiger partial charge in [0.05, 0.1) is 17.6 Å². The molecule has 0 aliphatic heterocycles. The molecule has 3 rings (SSSR count). The number of aryl methyl sites for hydroxylation is 2. The van der Waals surface area contributed by atoms with Gasteiger partial charge in [-0.05, 0) is 45.9 Å². The zero-order chi connectivity index (χ0) is 15.9. The smallest absolute Gasteiger partial charge is 0.184 e. The lowest BCUT2D eigenvalue weighted by molar-refractivity contribution is 0.0972. The van der Waals surface area contributed by atoms with E-state index < -0.39 is 0 Å². The molecule has 0 N–H and O–H groups in total. The highest BCUT2D eigenvalue weighted by molar-refractivity contribution is 5.98. The standard InChI is InChI=1S/C18H21N3O/c1-5-20-12(2)10-15(13(20)3)18(22)11-21-14(4)19-16-8-6-7-9-17(16)21/h6-10H,5,11H2,1-4H3. The summed E-state index contributed by atoms with van der Waals surface area (Å²) in [4.78, 5) is 17.3. The van der Waals surface area contributed by atoms with Crippen molar-refractivity contribution in [3.8, 4) is 0 Å². The summed E-state index contributed by atoms with van der Waals surface area (Å²) in [5, 5.41) is 0. The van der Waals surface area contributed by atoms with Crippen molar-refractivity contribution in [1.29, 1.82) is 0 Å². The summed E-state index contributed by atoms with van der Waals surface area (Å²) in [6, 6.07) is 9.93. The number of carbonyl (C=O) groups is 1. The summed E-state index contributed by atoms with van der Waals surface area (Å²) in [5.41, 5.74) is 4.95. The number of Topliss-reactive ketones (excluding diaryl/α,β-unsaturated/α-hetero) is 1. The van der Waals surface area contributed by atoms with Crippen molar-refractivity contribution in [2.75, 3.05) is 0 Å². The first-order valence-corrected chi connectivity index (χ1v) is 7.64. The van der Waals surface area contributed by atoms with E-state index in [2.05, 4.69) is 16.5 Å². The second kappa shape index (κ2) is 5.44. The van der Waals surface area contributed by atoms with Gasteiger partial charge in [-0.3, -0.25) is 4.79 Å². The van der Waals surface area contributed by atoms with Crippen LogP contribution in [0.4, 0.5) is 0 Å². The number of hydrogen-bond donors (Lipinski definition) is 0. The Kier molecular flexibility index (Phi) is 3.61. The van der Waals surface area contributed by atoms with Crippen LogP contribution in [0.25, 0.3) is 11.0 Å². The average molecular weight is 295 g/mol. The molecule has 0 aliphatic rings. The second-order valence-electron chi connectivity index (χ2n) is 5.69. The fraction of sp³-hybridized carbons (Fsp3) is 0.333. The number of carbonyl (C=O) groups excluding carboxylic acids is 1. The van der Waals surface area contributed by atoms with Gasteiger partial charge in [0.25, 0.3) is 0 Å². The van der Waals surface area contributed by atoms with E-state index in [4.69, 9.17) is 0 Å². The first-order chi connectivity index (χ1) is 10.5. The second-order valence-corrected chi connectivity index (χ2v) is 5.69. The molecule has 2 aromatic heterocycles. The maximum atomic E-state index is 12.7. The molecule has 2 heterocycles. The lowest BCUT2D eigenvalue weighted by Crippen LogP contribution is -2.12. The Labute approximate surface area is 130 Å². The summed E-state index contributed by atoms with van der Waals surface area (Å²) in [6.07, 6.45) is 0. The quantitative estimate of drug-likeness (QED) is 0.689. The molecule has 0 fully saturated rings. The van der Waals surface area contributed by atoms with Crippen molar-refractivity contribution in [3.05, 3.63) is 53.1 Å². The van der Waals surface area contributed by atoms with Crippen LogP contribution in [0, 0.1) is 20.8 Å². The SMILES string of the molecule is CCn1c(C)cc(C(=O)Cn2c(C)nc3ccccc32)c1C. The van der Waals surface area contributed by atoms with Crippen LogP contribution in [0.2, 0.25) is 0 Å². The Morgan fingerprint density at radius 3 is 2.55 bits per heavy atom. The van der Waals surface area contributed by atoms with Gasteiger partial charge in [0.1, 0.15) is 5.82 Å². The molecule has 0 spiro atoms. The van der Waals surface area contributed by atoms with Crippen LogP contribution < -0.4 is 0 Å². The normalized spacial score (nSPS) is 11.3. The van der Waals surface area contributed by atoms with Gasteiger partial charge in [-0.25, -0.2) is 4.98 Å². The number of fused-ring (bicyclic) bond motifs is 1. The van der Waals surface area contributed by atoms with Crippen LogP contribution in [-0.4, -0.2) is 19.9 Å². The molecule has 114 valence electrons. The fourth-order valence-electron chi connectivity index (χ4n) is 3.19. The van der Waals surface area contributed by atoms with Gasteiger partial charge in [0, 0.05) is 23.5 Å². The molecule has 3 aromatic rings. The Balaban J connectivity index is 1.99. The Hall–Kier alpha value is -2.36. The van der Waals surface area contributed by atoms with Crippen molar-refractivity contribution >= 4 is 16.8 Å². The van der Waals surface area contributed by atoms with Crippen LogP contribution in [0.15, 0.2) is 30.3 Å². The van der Waals surface area contributed by atoms with Crippen molar-refractivity contribution < 1.29 is 4.79 Å². The third kappa shape index (κ3) is 2.25. The molecule has 0 amide bonds. The van der Waals surface area contributed by atoms with Gasteiger partial charge in [-0.2, -0.15) is 0 Å². The predicted octanol–water partition coefficient (Wildman–Crippen LogP) is 3.67. The minimum atomic E-state index is 0.138. The van der Waals surface area contributed by atoms with E-state index in [0.29, 0.717) is 6.54 Å². The monoisotopic (exact) mass is 295 g/mol. The van der Waals surface area contributed by atoms with Gasteiger partial charge >= 0.3 is 0 Å². The van der Waals surface area contributed by atoms with Crippen LogP contribution in [-0.2, 0) is 13.1 Å². The van der Waals surface area contributed by atoms with Crippen LogP contribution in [0.1, 0.15) is 34.5 Å². The number of benzene rings is 1. The Morgan fingerprint density at radius 1 is 1.14 bits per heavy atom. The van der Waals surface area contributed by atoms with E-state index in [-0.39, 0.29) is 5.78 Å². The van der Waals surface area contributed by atoms with Crippen molar-refractivity contribution in [1.82, 2.24) is 14.1 Å². The predicted molar refractivity (Wildman–Crippen MR) is 88.4 cm³/mol.